The minimum atomic E-state index is -0.484. The first-order valence-electron chi connectivity index (χ1n) is 4.76. The molecule has 1 aromatic carbocycles. The van der Waals surface area contributed by atoms with Crippen molar-refractivity contribution in [1.82, 2.24) is 0 Å². The van der Waals surface area contributed by atoms with Crippen molar-refractivity contribution in [3.8, 4) is 0 Å². The van der Waals surface area contributed by atoms with Crippen LogP contribution in [-0.4, -0.2) is 18.2 Å². The van der Waals surface area contributed by atoms with E-state index in [-0.39, 0.29) is 18.3 Å². The number of anilines is 1. The number of amides is 1. The summed E-state index contributed by atoms with van der Waals surface area (Å²) in [5.74, 6) is -0.156. The molecule has 1 unspecified atom stereocenters. The number of nitrogens with one attached hydrogen (secondary N) is 1. The Hall–Kier alpha value is -0.710. The Labute approximate surface area is 107 Å². The highest BCUT2D eigenvalue weighted by Gasteiger charge is 2.10. The van der Waals surface area contributed by atoms with Gasteiger partial charge in [0.25, 0.3) is 0 Å². The summed E-state index contributed by atoms with van der Waals surface area (Å²) in [5, 5.41) is 2.81. The average molecular weight is 261 g/mol. The zero-order valence-electron chi connectivity index (χ0n) is 9.61. The van der Waals surface area contributed by atoms with Crippen molar-refractivity contribution in [3.05, 3.63) is 23.8 Å². The van der Waals surface area contributed by atoms with Crippen LogP contribution in [0.5, 0.6) is 0 Å². The standard InChI is InChI=1S/C11H16N2OS.ClH/c1-7-9(13-11(14)8(2)12)5-4-6-10(7)15-3;/h4-6,8H,12H2,1-3H3,(H,13,14);1H. The number of hydrogen-bond donors (Lipinski definition) is 2. The van der Waals surface area contributed by atoms with Gasteiger partial charge in [-0.15, -0.1) is 24.2 Å². The summed E-state index contributed by atoms with van der Waals surface area (Å²) in [7, 11) is 0. The molecule has 0 saturated carbocycles. The van der Waals surface area contributed by atoms with Gasteiger partial charge in [0.2, 0.25) is 5.91 Å². The second-order valence-corrected chi connectivity index (χ2v) is 4.26. The van der Waals surface area contributed by atoms with E-state index < -0.39 is 6.04 Å². The number of carbonyl (C=O) groups is 1. The van der Waals surface area contributed by atoms with Crippen LogP contribution in [-0.2, 0) is 4.79 Å². The average Bonchev–Trinajstić information content (AvgIpc) is 2.21. The van der Waals surface area contributed by atoms with Crippen LogP contribution in [0, 0.1) is 6.92 Å². The molecule has 3 N–H and O–H groups in total. The van der Waals surface area contributed by atoms with Gasteiger partial charge in [0.1, 0.15) is 0 Å². The highest BCUT2D eigenvalue weighted by Crippen LogP contribution is 2.25. The van der Waals surface area contributed by atoms with Gasteiger partial charge in [-0.1, -0.05) is 6.07 Å². The lowest BCUT2D eigenvalue weighted by molar-refractivity contribution is -0.117. The molecular weight excluding hydrogens is 244 g/mol. The van der Waals surface area contributed by atoms with Crippen molar-refractivity contribution in [2.24, 2.45) is 5.73 Å². The highest BCUT2D eigenvalue weighted by atomic mass is 35.5. The molecule has 3 nitrogen and oxygen atoms in total. The van der Waals surface area contributed by atoms with Gasteiger partial charge < -0.3 is 11.1 Å². The number of rotatable bonds is 3. The predicted molar refractivity (Wildman–Crippen MR) is 72.5 cm³/mol. The maximum Gasteiger partial charge on any atom is 0.241 e. The molecule has 0 aliphatic rings. The summed E-state index contributed by atoms with van der Waals surface area (Å²) in [6.07, 6.45) is 2.01. The fourth-order valence-corrected chi connectivity index (χ4v) is 1.85. The zero-order valence-corrected chi connectivity index (χ0v) is 11.2. The second-order valence-electron chi connectivity index (χ2n) is 3.41. The van der Waals surface area contributed by atoms with Gasteiger partial charge >= 0.3 is 0 Å². The summed E-state index contributed by atoms with van der Waals surface area (Å²) in [6.45, 7) is 3.66. The monoisotopic (exact) mass is 260 g/mol. The topological polar surface area (TPSA) is 55.1 Å². The molecule has 1 aromatic rings. The Morgan fingerprint density at radius 3 is 2.62 bits per heavy atom. The van der Waals surface area contributed by atoms with Gasteiger partial charge in [-0.25, -0.2) is 0 Å². The van der Waals surface area contributed by atoms with Crippen molar-refractivity contribution >= 4 is 35.8 Å². The van der Waals surface area contributed by atoms with E-state index in [4.69, 9.17) is 5.73 Å². The largest absolute Gasteiger partial charge is 0.324 e. The molecule has 1 rings (SSSR count). The van der Waals surface area contributed by atoms with E-state index in [1.54, 1.807) is 18.7 Å². The Bertz CT molecular complexity index is 369. The number of carbonyl (C=O) groups excluding carboxylic acids is 1. The molecule has 1 atom stereocenters. The molecule has 0 aliphatic carbocycles. The van der Waals surface area contributed by atoms with Crippen molar-refractivity contribution in [2.45, 2.75) is 24.8 Å². The normalized spacial score (nSPS) is 11.5. The van der Waals surface area contributed by atoms with Crippen LogP contribution in [0.4, 0.5) is 5.69 Å². The Balaban J connectivity index is 0.00000225. The summed E-state index contributed by atoms with van der Waals surface area (Å²) in [6, 6.07) is 5.36. The molecular formula is C11H17ClN2OS. The summed E-state index contributed by atoms with van der Waals surface area (Å²) < 4.78 is 0. The van der Waals surface area contributed by atoms with E-state index in [0.29, 0.717) is 0 Å². The number of benzene rings is 1. The highest BCUT2D eigenvalue weighted by molar-refractivity contribution is 7.98. The lowest BCUT2D eigenvalue weighted by atomic mass is 10.2. The molecule has 0 heterocycles. The Morgan fingerprint density at radius 1 is 1.50 bits per heavy atom. The minimum Gasteiger partial charge on any atom is -0.324 e. The minimum absolute atomic E-state index is 0. The van der Waals surface area contributed by atoms with Crippen LogP contribution in [0.3, 0.4) is 0 Å². The molecule has 0 saturated heterocycles. The molecule has 16 heavy (non-hydrogen) atoms. The van der Waals surface area contributed by atoms with Gasteiger partial charge in [0, 0.05) is 10.6 Å². The second kappa shape index (κ2) is 6.78. The van der Waals surface area contributed by atoms with E-state index in [0.717, 1.165) is 16.1 Å². The van der Waals surface area contributed by atoms with E-state index in [9.17, 15) is 4.79 Å². The fourth-order valence-electron chi connectivity index (χ4n) is 1.22. The van der Waals surface area contributed by atoms with Gasteiger partial charge in [0.15, 0.2) is 0 Å². The van der Waals surface area contributed by atoms with Crippen LogP contribution in [0.25, 0.3) is 0 Å². The van der Waals surface area contributed by atoms with E-state index in [2.05, 4.69) is 5.32 Å². The van der Waals surface area contributed by atoms with Gasteiger partial charge in [0.05, 0.1) is 6.04 Å². The molecule has 1 amide bonds. The molecule has 0 spiro atoms. The summed E-state index contributed by atoms with van der Waals surface area (Å²) in [4.78, 5) is 12.6. The first kappa shape index (κ1) is 15.3. The third-order valence-corrected chi connectivity index (χ3v) is 3.06. The first-order chi connectivity index (χ1) is 7.06. The van der Waals surface area contributed by atoms with Gasteiger partial charge in [-0.2, -0.15) is 0 Å². The smallest absolute Gasteiger partial charge is 0.241 e. The first-order valence-corrected chi connectivity index (χ1v) is 5.98. The molecule has 0 bridgehead atoms. The van der Waals surface area contributed by atoms with E-state index in [1.165, 1.54) is 0 Å². The van der Waals surface area contributed by atoms with Gasteiger partial charge in [-0.05, 0) is 37.8 Å². The van der Waals surface area contributed by atoms with Crippen molar-refractivity contribution in [2.75, 3.05) is 11.6 Å². The van der Waals surface area contributed by atoms with E-state index >= 15 is 0 Å². The lowest BCUT2D eigenvalue weighted by Gasteiger charge is -2.12. The SMILES string of the molecule is CSc1cccc(NC(=O)C(C)N)c1C.Cl. The van der Waals surface area contributed by atoms with E-state index in [1.807, 2.05) is 31.4 Å². The molecule has 0 fully saturated rings. The maximum atomic E-state index is 11.4. The predicted octanol–water partition coefficient (Wildman–Crippen LogP) is 2.42. The van der Waals surface area contributed by atoms with Crippen LogP contribution in [0.1, 0.15) is 12.5 Å². The zero-order chi connectivity index (χ0) is 11.4. The van der Waals surface area contributed by atoms with Crippen molar-refractivity contribution < 1.29 is 4.79 Å². The number of halogens is 1. The fraction of sp³-hybridized carbons (Fsp3) is 0.364. The molecule has 0 aliphatic heterocycles. The van der Waals surface area contributed by atoms with Crippen molar-refractivity contribution in [3.63, 3.8) is 0 Å². The third kappa shape index (κ3) is 3.70. The lowest BCUT2D eigenvalue weighted by Crippen LogP contribution is -2.32. The molecule has 90 valence electrons. The molecule has 0 aromatic heterocycles. The Morgan fingerprint density at radius 2 is 2.12 bits per heavy atom. The molecule has 5 heteroatoms. The number of thioether (sulfide) groups is 1. The van der Waals surface area contributed by atoms with Gasteiger partial charge in [-0.3, -0.25) is 4.79 Å². The molecule has 0 radical (unpaired) electrons. The summed E-state index contributed by atoms with van der Waals surface area (Å²) in [5.41, 5.74) is 7.41. The summed E-state index contributed by atoms with van der Waals surface area (Å²) >= 11 is 1.66. The van der Waals surface area contributed by atoms with Crippen LogP contribution < -0.4 is 11.1 Å². The van der Waals surface area contributed by atoms with Crippen molar-refractivity contribution in [1.29, 1.82) is 0 Å². The number of nitrogens with two attached hydrogens (primary N) is 1. The van der Waals surface area contributed by atoms with Crippen LogP contribution >= 0.6 is 24.2 Å². The quantitative estimate of drug-likeness (QED) is 0.821. The maximum absolute atomic E-state index is 11.4. The Kier molecular flexibility index (Phi) is 6.48. The van der Waals surface area contributed by atoms with Crippen LogP contribution in [0.15, 0.2) is 23.1 Å². The number of hydrogen-bond acceptors (Lipinski definition) is 3. The van der Waals surface area contributed by atoms with Crippen LogP contribution in [0.2, 0.25) is 0 Å². The third-order valence-electron chi connectivity index (χ3n) is 2.18.